The average molecular weight is 66.9 g/mol. The van der Waals surface area contributed by atoms with Gasteiger partial charge in [0.05, 0.1) is 0 Å². The molecule has 0 saturated heterocycles. The van der Waals surface area contributed by atoms with Gasteiger partial charge in [-0.15, -0.1) is 0 Å². The van der Waals surface area contributed by atoms with Crippen LogP contribution < -0.4 is 0 Å². The molecule has 0 aliphatic heterocycles. The van der Waals surface area contributed by atoms with Gasteiger partial charge in [-0.25, -0.2) is 0 Å². The predicted molar refractivity (Wildman–Crippen MR) is 24.5 cm³/mol. The minimum atomic E-state index is 0.927. The Morgan fingerprint density at radius 3 is 2.60 bits per heavy atom. The van der Waals surface area contributed by atoms with E-state index in [4.69, 9.17) is 7.98 Å². The van der Waals surface area contributed by atoms with Crippen LogP contribution >= 0.6 is 0 Å². The molecule has 0 spiro atoms. The summed E-state index contributed by atoms with van der Waals surface area (Å²) >= 11 is 0. The smallest absolute Gasteiger partial charge is 0.258 e. The van der Waals surface area contributed by atoms with Gasteiger partial charge >= 0.3 is 0 Å². The molecule has 0 saturated carbocycles. The normalized spacial score (nSPS) is 9.80. The highest BCUT2D eigenvalue weighted by atomic mass is 14.5. The summed E-state index contributed by atoms with van der Waals surface area (Å²) in [5.41, 5.74) is 0. The van der Waals surface area contributed by atoms with Crippen molar-refractivity contribution in [3.63, 3.8) is 0 Å². The molecule has 26 valence electrons. The molecule has 0 aliphatic carbocycles. The first kappa shape index (κ1) is 4.73. The minimum Gasteiger partial charge on any atom is -0.367 e. The van der Waals surface area contributed by atoms with Crippen molar-refractivity contribution in [3.8, 4) is 0 Å². The van der Waals surface area contributed by atoms with Crippen molar-refractivity contribution in [2.75, 3.05) is 0 Å². The van der Waals surface area contributed by atoms with E-state index in [-0.39, 0.29) is 0 Å². The van der Waals surface area contributed by atoms with Gasteiger partial charge in [-0.3, -0.25) is 0 Å². The summed E-state index contributed by atoms with van der Waals surface area (Å²) in [4.78, 5) is 3.23. The zero-order valence-electron chi connectivity index (χ0n) is 3.31. The number of hydrogen-bond donors (Lipinski definition) is 0. The van der Waals surface area contributed by atoms with Crippen molar-refractivity contribution in [3.05, 3.63) is 0 Å². The monoisotopic (exact) mass is 67.1 g/mol. The maximum atomic E-state index is 4.71. The number of hydrogen-bond acceptors (Lipinski definition) is 1. The minimum absolute atomic E-state index is 0.927. The molecule has 0 bridgehead atoms. The summed E-state index contributed by atoms with van der Waals surface area (Å²) in [6.07, 6.45) is 2.58. The molecule has 0 aromatic carbocycles. The maximum Gasteiger partial charge on any atom is 0.258 e. The Balaban J connectivity index is 2.62. The first-order valence-corrected chi connectivity index (χ1v) is 1.63. The summed E-state index contributed by atoms with van der Waals surface area (Å²) in [6, 6.07) is 0. The van der Waals surface area contributed by atoms with E-state index in [0.29, 0.717) is 0 Å². The molecule has 0 aromatic rings. The lowest BCUT2D eigenvalue weighted by atomic mass is 10.4. The van der Waals surface area contributed by atoms with Gasteiger partial charge in [0.1, 0.15) is 0 Å². The number of rotatable bonds is 1. The molecule has 0 aliphatic rings. The standard InChI is InChI=1S/C3H6BN/c1-2-3-5-4/h3H,2H2,1H3. The highest BCUT2D eigenvalue weighted by Crippen LogP contribution is 1.59. The molecule has 0 fully saturated rings. The van der Waals surface area contributed by atoms with Crippen LogP contribution in [0.25, 0.3) is 0 Å². The van der Waals surface area contributed by atoms with Gasteiger partial charge in [0.25, 0.3) is 7.98 Å². The molecule has 5 heavy (non-hydrogen) atoms. The zero-order valence-corrected chi connectivity index (χ0v) is 3.31. The Morgan fingerprint density at radius 1 is 2.00 bits per heavy atom. The molecule has 1 nitrogen and oxygen atoms in total. The van der Waals surface area contributed by atoms with Crippen molar-refractivity contribution in [2.24, 2.45) is 4.90 Å². The van der Waals surface area contributed by atoms with Crippen molar-refractivity contribution >= 4 is 14.2 Å². The first-order valence-electron chi connectivity index (χ1n) is 1.63. The Labute approximate surface area is 33.5 Å². The highest BCUT2D eigenvalue weighted by molar-refractivity contribution is 6.09. The van der Waals surface area contributed by atoms with Crippen LogP contribution in [0, 0.1) is 0 Å². The fourth-order valence-corrected chi connectivity index (χ4v) is 0.105. The third-order valence-electron chi connectivity index (χ3n) is 0.288. The van der Waals surface area contributed by atoms with Crippen LogP contribution in [0.2, 0.25) is 0 Å². The van der Waals surface area contributed by atoms with Gasteiger partial charge in [0.2, 0.25) is 0 Å². The second-order valence-corrected chi connectivity index (χ2v) is 0.740. The predicted octanol–water partition coefficient (Wildman–Crippen LogP) is 0.551. The van der Waals surface area contributed by atoms with Crippen LogP contribution in [0.5, 0.6) is 0 Å². The fourth-order valence-electron chi connectivity index (χ4n) is 0.105. The molecular formula is C3H6BN. The van der Waals surface area contributed by atoms with Crippen LogP contribution in [0.15, 0.2) is 4.90 Å². The topological polar surface area (TPSA) is 12.4 Å². The summed E-state index contributed by atoms with van der Waals surface area (Å²) in [6.45, 7) is 1.98. The fraction of sp³-hybridized carbons (Fsp3) is 0.667. The van der Waals surface area contributed by atoms with E-state index < -0.39 is 0 Å². The van der Waals surface area contributed by atoms with Crippen LogP contribution in [-0.4, -0.2) is 14.2 Å². The van der Waals surface area contributed by atoms with Crippen LogP contribution in [0.3, 0.4) is 0 Å². The van der Waals surface area contributed by atoms with Crippen molar-refractivity contribution in [1.29, 1.82) is 0 Å². The highest BCUT2D eigenvalue weighted by Gasteiger charge is 1.53. The van der Waals surface area contributed by atoms with Gasteiger partial charge < -0.3 is 4.90 Å². The van der Waals surface area contributed by atoms with E-state index in [0.717, 1.165) is 6.42 Å². The molecule has 2 radical (unpaired) electrons. The van der Waals surface area contributed by atoms with E-state index >= 15 is 0 Å². The molecule has 0 atom stereocenters. The molecule has 0 rings (SSSR count). The molecule has 0 aromatic heterocycles. The van der Waals surface area contributed by atoms with Gasteiger partial charge in [0.15, 0.2) is 0 Å². The molecular weight excluding hydrogens is 60.9 g/mol. The Kier molecular flexibility index (Phi) is 3.54. The van der Waals surface area contributed by atoms with E-state index in [1.807, 2.05) is 6.92 Å². The molecule has 0 amide bonds. The lowest BCUT2D eigenvalue weighted by molar-refractivity contribution is 1.33. The second kappa shape index (κ2) is 3.73. The van der Waals surface area contributed by atoms with Crippen molar-refractivity contribution < 1.29 is 0 Å². The van der Waals surface area contributed by atoms with Crippen molar-refractivity contribution in [1.82, 2.24) is 0 Å². The molecule has 0 N–H and O–H groups in total. The maximum absolute atomic E-state index is 4.71. The SMILES string of the molecule is [B]N=CCC. The van der Waals surface area contributed by atoms with Crippen LogP contribution in [-0.2, 0) is 0 Å². The van der Waals surface area contributed by atoms with Gasteiger partial charge in [-0.05, 0) is 12.6 Å². The lowest BCUT2D eigenvalue weighted by Crippen LogP contribution is -1.62. The molecule has 0 heterocycles. The van der Waals surface area contributed by atoms with Gasteiger partial charge in [-0.2, -0.15) is 0 Å². The van der Waals surface area contributed by atoms with E-state index in [2.05, 4.69) is 4.90 Å². The summed E-state index contributed by atoms with van der Waals surface area (Å²) < 4.78 is 0. The summed E-state index contributed by atoms with van der Waals surface area (Å²) in [5.74, 6) is 0. The zero-order chi connectivity index (χ0) is 4.12. The van der Waals surface area contributed by atoms with Gasteiger partial charge in [0, 0.05) is 0 Å². The quantitative estimate of drug-likeness (QED) is 0.313. The molecule has 0 unspecified atom stereocenters. The third-order valence-corrected chi connectivity index (χ3v) is 0.288. The number of nitrogens with zero attached hydrogens (tertiary/aromatic N) is 1. The average Bonchev–Trinajstić information content (AvgIpc) is 1.41. The summed E-state index contributed by atoms with van der Waals surface area (Å²) in [7, 11) is 4.71. The van der Waals surface area contributed by atoms with E-state index in [9.17, 15) is 0 Å². The summed E-state index contributed by atoms with van der Waals surface area (Å²) in [5, 5.41) is 0. The second-order valence-electron chi connectivity index (χ2n) is 0.740. The largest absolute Gasteiger partial charge is 0.367 e. The molecule has 2 heteroatoms. The van der Waals surface area contributed by atoms with Crippen LogP contribution in [0.1, 0.15) is 13.3 Å². The first-order chi connectivity index (χ1) is 2.41. The van der Waals surface area contributed by atoms with Crippen molar-refractivity contribution in [2.45, 2.75) is 13.3 Å². The Hall–Kier alpha value is -0.265. The lowest BCUT2D eigenvalue weighted by Gasteiger charge is -1.66. The van der Waals surface area contributed by atoms with Gasteiger partial charge in [-0.1, -0.05) is 6.92 Å². The van der Waals surface area contributed by atoms with E-state index in [1.165, 1.54) is 0 Å². The van der Waals surface area contributed by atoms with Crippen LogP contribution in [0.4, 0.5) is 0 Å². The Morgan fingerprint density at radius 2 is 2.60 bits per heavy atom. The Bertz CT molecular complexity index is 33.9. The third kappa shape index (κ3) is 3.73. The van der Waals surface area contributed by atoms with E-state index in [1.54, 1.807) is 6.21 Å².